The zero-order valence-electron chi connectivity index (χ0n) is 17.8. The van der Waals surface area contributed by atoms with Crippen LogP contribution < -0.4 is 20.1 Å². The lowest BCUT2D eigenvalue weighted by molar-refractivity contribution is -0.892. The first-order valence-corrected chi connectivity index (χ1v) is 11.1. The highest BCUT2D eigenvalue weighted by atomic mass is 16.2. The van der Waals surface area contributed by atoms with E-state index in [-0.39, 0.29) is 5.91 Å². The molecule has 0 spiro atoms. The van der Waals surface area contributed by atoms with Crippen molar-refractivity contribution in [3.8, 4) is 6.07 Å². The molecular weight excluding hydrogens is 374 g/mol. The van der Waals surface area contributed by atoms with Crippen LogP contribution in [0.2, 0.25) is 0 Å². The number of pyridine rings is 1. The number of nitrogens with zero attached hydrogens (tertiary/aromatic N) is 2. The zero-order valence-corrected chi connectivity index (χ0v) is 17.8. The lowest BCUT2D eigenvalue weighted by Crippen LogP contribution is -3.15. The van der Waals surface area contributed by atoms with Crippen LogP contribution in [0.3, 0.4) is 0 Å². The molecule has 156 valence electrons. The molecule has 4 rings (SSSR count). The summed E-state index contributed by atoms with van der Waals surface area (Å²) in [5.74, 6) is 1.05. The van der Waals surface area contributed by atoms with Crippen LogP contribution in [0.4, 0.5) is 11.5 Å². The van der Waals surface area contributed by atoms with Crippen molar-refractivity contribution in [1.29, 1.82) is 5.26 Å². The minimum absolute atomic E-state index is 0.0525. The highest BCUT2D eigenvalue weighted by Gasteiger charge is 2.33. The minimum Gasteiger partial charge on any atom is -0.321 e. The number of hydrogen-bond donors (Lipinski definition) is 2. The maximum absolute atomic E-state index is 12.4. The van der Waals surface area contributed by atoms with Gasteiger partial charge in [0.2, 0.25) is 0 Å². The number of H-pyrrole nitrogens is 1. The van der Waals surface area contributed by atoms with Crippen molar-refractivity contribution < 1.29 is 14.7 Å². The molecule has 6 nitrogen and oxygen atoms in total. The molecule has 0 radical (unpaired) electrons. The molecule has 6 heteroatoms. The Balaban J connectivity index is 1.42. The number of aromatic nitrogens is 1. The summed E-state index contributed by atoms with van der Waals surface area (Å²) in [6, 6.07) is 12.1. The van der Waals surface area contributed by atoms with Crippen molar-refractivity contribution in [1.82, 2.24) is 0 Å². The molecule has 1 aliphatic carbocycles. The minimum atomic E-state index is 0.0525. The highest BCUT2D eigenvalue weighted by molar-refractivity contribution is 5.91. The molecule has 0 atom stereocenters. The standard InChI is InChI=1S/C24H29N5O/c1-2-7-22-20-11-6-10-19(20)21(16-25)24(27-22)29-14-12-28(13-15-29)17-23(30)26-18-8-4-3-5-9-18/h3-5,8-9H,2,6-7,10-15,17H2,1H3,(H,26,30)/p+2. The van der Waals surface area contributed by atoms with E-state index >= 15 is 0 Å². The number of piperazine rings is 1. The largest absolute Gasteiger partial charge is 0.321 e. The number of carbonyl (C=O) groups excluding carboxylic acids is 1. The molecule has 0 bridgehead atoms. The van der Waals surface area contributed by atoms with E-state index in [1.54, 1.807) is 0 Å². The summed E-state index contributed by atoms with van der Waals surface area (Å²) in [7, 11) is 0. The zero-order chi connectivity index (χ0) is 20.9. The quantitative estimate of drug-likeness (QED) is 0.757. The van der Waals surface area contributed by atoms with E-state index in [4.69, 9.17) is 0 Å². The van der Waals surface area contributed by atoms with Crippen LogP contribution in [0.15, 0.2) is 30.3 Å². The van der Waals surface area contributed by atoms with Crippen molar-refractivity contribution in [2.24, 2.45) is 0 Å². The molecule has 2 heterocycles. The van der Waals surface area contributed by atoms with Gasteiger partial charge in [-0.15, -0.1) is 0 Å². The summed E-state index contributed by atoms with van der Waals surface area (Å²) in [4.78, 5) is 19.6. The molecule has 1 aliphatic heterocycles. The summed E-state index contributed by atoms with van der Waals surface area (Å²) in [5.41, 5.74) is 5.66. The molecule has 1 amide bonds. The summed E-state index contributed by atoms with van der Waals surface area (Å²) in [6.45, 7) is 6.16. The molecule has 2 aromatic rings. The van der Waals surface area contributed by atoms with E-state index < -0.39 is 0 Å². The average molecular weight is 406 g/mol. The normalized spacial score (nSPS) is 16.2. The Bertz CT molecular complexity index is 942. The molecule has 0 unspecified atom stereocenters. The number of benzene rings is 1. The molecule has 1 saturated heterocycles. The number of rotatable bonds is 6. The SMILES string of the molecule is CCCc1[nH+]c(N2CC[NH+](CC(=O)Nc3ccccc3)CC2)c(C#N)c2c1CCC2. The van der Waals surface area contributed by atoms with Crippen molar-refractivity contribution in [2.45, 2.75) is 39.0 Å². The van der Waals surface area contributed by atoms with Gasteiger partial charge in [0.25, 0.3) is 11.7 Å². The van der Waals surface area contributed by atoms with Gasteiger partial charge in [0.15, 0.2) is 6.54 Å². The number of anilines is 2. The lowest BCUT2D eigenvalue weighted by Gasteiger charge is -2.28. The second-order valence-electron chi connectivity index (χ2n) is 8.33. The van der Waals surface area contributed by atoms with Gasteiger partial charge in [-0.2, -0.15) is 5.26 Å². The number of aryl methyl sites for hydroxylation is 1. The van der Waals surface area contributed by atoms with Crippen LogP contribution in [-0.4, -0.2) is 38.6 Å². The summed E-state index contributed by atoms with van der Waals surface area (Å²) in [6.07, 6.45) is 5.38. The summed E-state index contributed by atoms with van der Waals surface area (Å²) >= 11 is 0. The van der Waals surface area contributed by atoms with Gasteiger partial charge in [-0.3, -0.25) is 4.79 Å². The Morgan fingerprint density at radius 2 is 1.93 bits per heavy atom. The molecular formula is C24H31N5O+2. The number of amides is 1. The molecule has 30 heavy (non-hydrogen) atoms. The number of carbonyl (C=O) groups is 1. The number of quaternary nitrogens is 1. The Hall–Kier alpha value is -2.91. The lowest BCUT2D eigenvalue weighted by atomic mass is 10.0. The van der Waals surface area contributed by atoms with E-state index in [2.05, 4.69) is 28.2 Å². The molecule has 2 aliphatic rings. The van der Waals surface area contributed by atoms with Crippen LogP contribution in [-0.2, 0) is 24.1 Å². The number of hydrogen-bond acceptors (Lipinski definition) is 3. The van der Waals surface area contributed by atoms with Gasteiger partial charge < -0.3 is 10.2 Å². The van der Waals surface area contributed by atoms with Crippen molar-refractivity contribution in [2.75, 3.05) is 42.9 Å². The summed E-state index contributed by atoms with van der Waals surface area (Å²) < 4.78 is 0. The number of aromatic amines is 1. The predicted molar refractivity (Wildman–Crippen MR) is 117 cm³/mol. The van der Waals surface area contributed by atoms with Crippen LogP contribution >= 0.6 is 0 Å². The second kappa shape index (κ2) is 9.27. The first-order valence-electron chi connectivity index (χ1n) is 11.1. The smallest absolute Gasteiger partial charge is 0.293 e. The molecule has 1 aromatic carbocycles. The molecule has 1 aromatic heterocycles. The van der Waals surface area contributed by atoms with E-state index in [0.717, 1.165) is 75.4 Å². The number of nitriles is 1. The fourth-order valence-corrected chi connectivity index (χ4v) is 4.77. The van der Waals surface area contributed by atoms with Gasteiger partial charge >= 0.3 is 0 Å². The van der Waals surface area contributed by atoms with Crippen molar-refractivity contribution in [3.05, 3.63) is 52.7 Å². The van der Waals surface area contributed by atoms with E-state index in [9.17, 15) is 10.1 Å². The third-order valence-electron chi connectivity index (χ3n) is 6.26. The van der Waals surface area contributed by atoms with E-state index in [1.807, 2.05) is 30.3 Å². The second-order valence-corrected chi connectivity index (χ2v) is 8.33. The average Bonchev–Trinajstić information content (AvgIpc) is 3.25. The third kappa shape index (κ3) is 4.31. The van der Waals surface area contributed by atoms with Gasteiger partial charge in [-0.25, -0.2) is 9.88 Å². The first kappa shape index (κ1) is 20.4. The Labute approximate surface area is 178 Å². The predicted octanol–water partition coefficient (Wildman–Crippen LogP) is 1.16. The first-order chi connectivity index (χ1) is 14.7. The van der Waals surface area contributed by atoms with E-state index in [1.165, 1.54) is 21.7 Å². The van der Waals surface area contributed by atoms with Crippen LogP contribution in [0.1, 0.15) is 42.1 Å². The Morgan fingerprint density at radius 3 is 2.63 bits per heavy atom. The maximum atomic E-state index is 12.4. The van der Waals surface area contributed by atoms with Gasteiger partial charge in [-0.05, 0) is 48.9 Å². The molecule has 1 fully saturated rings. The fraction of sp³-hybridized carbons (Fsp3) is 0.458. The van der Waals surface area contributed by atoms with Crippen molar-refractivity contribution >= 4 is 17.4 Å². The van der Waals surface area contributed by atoms with E-state index in [0.29, 0.717) is 6.54 Å². The number of fused-ring (bicyclic) bond motifs is 1. The van der Waals surface area contributed by atoms with Gasteiger partial charge in [0.1, 0.15) is 43.5 Å². The molecule has 3 N–H and O–H groups in total. The summed E-state index contributed by atoms with van der Waals surface area (Å²) in [5, 5.41) is 12.9. The van der Waals surface area contributed by atoms with Gasteiger partial charge in [0, 0.05) is 12.1 Å². The van der Waals surface area contributed by atoms with Crippen LogP contribution in [0.5, 0.6) is 0 Å². The maximum Gasteiger partial charge on any atom is 0.293 e. The van der Waals surface area contributed by atoms with Crippen LogP contribution in [0, 0.1) is 11.3 Å². The number of nitrogens with one attached hydrogen (secondary N) is 3. The Kier molecular flexibility index (Phi) is 6.29. The number of para-hydroxylation sites is 1. The topological polar surface area (TPSA) is 74.7 Å². The van der Waals surface area contributed by atoms with Crippen LogP contribution in [0.25, 0.3) is 0 Å². The van der Waals surface area contributed by atoms with Crippen molar-refractivity contribution in [3.63, 3.8) is 0 Å². The third-order valence-corrected chi connectivity index (χ3v) is 6.26. The van der Waals surface area contributed by atoms with Gasteiger partial charge in [0.05, 0.1) is 0 Å². The van der Waals surface area contributed by atoms with Gasteiger partial charge in [-0.1, -0.05) is 25.1 Å². The highest BCUT2D eigenvalue weighted by Crippen LogP contribution is 2.31. The monoisotopic (exact) mass is 405 g/mol. The Morgan fingerprint density at radius 1 is 1.20 bits per heavy atom. The fourth-order valence-electron chi connectivity index (χ4n) is 4.77. The molecule has 0 saturated carbocycles.